The van der Waals surface area contributed by atoms with Gasteiger partial charge in [-0.1, -0.05) is 12.8 Å². The molecule has 0 unspecified atom stereocenters. The molecule has 0 saturated heterocycles. The summed E-state index contributed by atoms with van der Waals surface area (Å²) in [5.41, 5.74) is -0.0428. The first kappa shape index (κ1) is 20.2. The molecule has 0 heterocycles. The predicted molar refractivity (Wildman–Crippen MR) is 96.9 cm³/mol. The number of carbonyl (C=O) groups excluding carboxylic acids is 1. The van der Waals surface area contributed by atoms with Gasteiger partial charge < -0.3 is 15.0 Å². The lowest BCUT2D eigenvalue weighted by Crippen LogP contribution is -2.35. The van der Waals surface area contributed by atoms with Crippen molar-refractivity contribution >= 4 is 24.4 Å². The summed E-state index contributed by atoms with van der Waals surface area (Å²) in [7, 11) is 2.02. The van der Waals surface area contributed by atoms with Crippen LogP contribution in [0.4, 0.5) is 10.5 Å². The van der Waals surface area contributed by atoms with E-state index in [1.165, 1.54) is 37.1 Å². The highest BCUT2D eigenvalue weighted by molar-refractivity contribution is 7.80. The summed E-state index contributed by atoms with van der Waals surface area (Å²) in [6, 6.07) is 5.39. The summed E-state index contributed by atoms with van der Waals surface area (Å²) < 4.78 is 5.06. The Kier molecular flexibility index (Phi) is 9.86. The second kappa shape index (κ2) is 11.7. The number of nitrogens with one attached hydrogen (secondary N) is 1. The molecule has 8 heteroatoms. The van der Waals surface area contributed by atoms with E-state index in [0.717, 1.165) is 31.7 Å². The van der Waals surface area contributed by atoms with E-state index in [9.17, 15) is 14.9 Å². The van der Waals surface area contributed by atoms with Gasteiger partial charge in [0, 0.05) is 25.2 Å². The van der Waals surface area contributed by atoms with Crippen LogP contribution in [0.15, 0.2) is 24.3 Å². The van der Waals surface area contributed by atoms with Gasteiger partial charge in [0.2, 0.25) is 0 Å². The number of nitro groups is 1. The third-order valence-corrected chi connectivity index (χ3v) is 3.79. The van der Waals surface area contributed by atoms with Gasteiger partial charge in [0.1, 0.15) is 5.75 Å². The average molecular weight is 355 g/mol. The van der Waals surface area contributed by atoms with E-state index in [-0.39, 0.29) is 11.4 Å². The standard InChI is InChI=1S/C16H25N3O4S/c1-18(11-4-2-3-5-13-24)12-10-17-16(20)23-15-8-6-14(7-9-15)19(21)22/h6-9,24H,2-5,10-13H2,1H3,(H,17,20). The zero-order valence-corrected chi connectivity index (χ0v) is 14.8. The molecule has 0 aliphatic heterocycles. The molecule has 1 rings (SSSR count). The minimum Gasteiger partial charge on any atom is -0.410 e. The summed E-state index contributed by atoms with van der Waals surface area (Å²) in [6.07, 6.45) is 4.13. The lowest BCUT2D eigenvalue weighted by molar-refractivity contribution is -0.384. The number of thiol groups is 1. The number of non-ortho nitro benzene ring substituents is 1. The Morgan fingerprint density at radius 2 is 1.88 bits per heavy atom. The number of benzene rings is 1. The van der Waals surface area contributed by atoms with Gasteiger partial charge in [-0.2, -0.15) is 12.6 Å². The molecular weight excluding hydrogens is 330 g/mol. The molecule has 0 atom stereocenters. The highest BCUT2D eigenvalue weighted by atomic mass is 32.1. The third kappa shape index (κ3) is 8.73. The number of amides is 1. The average Bonchev–Trinajstić information content (AvgIpc) is 2.55. The predicted octanol–water partition coefficient (Wildman–Crippen LogP) is 3.11. The smallest absolute Gasteiger partial charge is 0.410 e. The Bertz CT molecular complexity index is 511. The maximum atomic E-state index is 11.7. The van der Waals surface area contributed by atoms with Crippen LogP contribution < -0.4 is 10.1 Å². The van der Waals surface area contributed by atoms with Crippen LogP contribution in [0.5, 0.6) is 5.75 Å². The molecule has 24 heavy (non-hydrogen) atoms. The van der Waals surface area contributed by atoms with Gasteiger partial charge in [0.05, 0.1) is 4.92 Å². The Morgan fingerprint density at radius 3 is 2.50 bits per heavy atom. The van der Waals surface area contributed by atoms with Crippen molar-refractivity contribution in [3.8, 4) is 5.75 Å². The lowest BCUT2D eigenvalue weighted by atomic mass is 10.2. The molecule has 0 radical (unpaired) electrons. The van der Waals surface area contributed by atoms with Crippen LogP contribution in [0.1, 0.15) is 25.7 Å². The number of unbranched alkanes of at least 4 members (excludes halogenated alkanes) is 3. The Balaban J connectivity index is 2.16. The van der Waals surface area contributed by atoms with Crippen molar-refractivity contribution < 1.29 is 14.5 Å². The van der Waals surface area contributed by atoms with Gasteiger partial charge in [0.15, 0.2) is 0 Å². The molecule has 0 aromatic heterocycles. The van der Waals surface area contributed by atoms with Crippen LogP contribution in [0.3, 0.4) is 0 Å². The molecule has 0 aliphatic rings. The number of ether oxygens (including phenoxy) is 1. The third-order valence-electron chi connectivity index (χ3n) is 3.47. The summed E-state index contributed by atoms with van der Waals surface area (Å²) in [6.45, 7) is 2.21. The molecular formula is C16H25N3O4S. The normalized spacial score (nSPS) is 10.6. The van der Waals surface area contributed by atoms with Crippen molar-refractivity contribution in [1.82, 2.24) is 10.2 Å². The maximum Gasteiger partial charge on any atom is 0.412 e. The van der Waals surface area contributed by atoms with Crippen LogP contribution in [0, 0.1) is 10.1 Å². The van der Waals surface area contributed by atoms with E-state index >= 15 is 0 Å². The molecule has 0 bridgehead atoms. The van der Waals surface area contributed by atoms with Gasteiger partial charge in [-0.05, 0) is 44.3 Å². The number of hydrogen-bond donors (Lipinski definition) is 2. The van der Waals surface area contributed by atoms with Crippen molar-refractivity contribution in [2.24, 2.45) is 0 Å². The maximum absolute atomic E-state index is 11.7. The fraction of sp³-hybridized carbons (Fsp3) is 0.562. The number of rotatable bonds is 11. The van der Waals surface area contributed by atoms with Crippen LogP contribution >= 0.6 is 12.6 Å². The van der Waals surface area contributed by atoms with Gasteiger partial charge in [-0.25, -0.2) is 4.79 Å². The number of carbonyl (C=O) groups is 1. The van der Waals surface area contributed by atoms with Crippen LogP contribution in [0.2, 0.25) is 0 Å². The van der Waals surface area contributed by atoms with E-state index in [1.54, 1.807) is 0 Å². The van der Waals surface area contributed by atoms with Gasteiger partial charge in [-0.3, -0.25) is 10.1 Å². The Labute approximate surface area is 147 Å². The summed E-state index contributed by atoms with van der Waals surface area (Å²) in [5, 5.41) is 13.2. The second-order valence-electron chi connectivity index (χ2n) is 5.51. The Hall–Kier alpha value is -1.80. The van der Waals surface area contributed by atoms with Crippen LogP contribution in [-0.4, -0.2) is 48.4 Å². The fourth-order valence-electron chi connectivity index (χ4n) is 2.09. The van der Waals surface area contributed by atoms with Crippen LogP contribution in [0.25, 0.3) is 0 Å². The number of nitrogens with zero attached hydrogens (tertiary/aromatic N) is 2. The minimum atomic E-state index is -0.564. The van der Waals surface area contributed by atoms with E-state index in [4.69, 9.17) is 4.74 Å². The summed E-state index contributed by atoms with van der Waals surface area (Å²) in [4.78, 5) is 23.9. The largest absolute Gasteiger partial charge is 0.412 e. The highest BCUT2D eigenvalue weighted by Crippen LogP contribution is 2.17. The van der Waals surface area contributed by atoms with Gasteiger partial charge >= 0.3 is 6.09 Å². The van der Waals surface area contributed by atoms with Crippen molar-refractivity contribution in [1.29, 1.82) is 0 Å². The molecule has 1 aromatic carbocycles. The molecule has 0 fully saturated rings. The molecule has 0 aliphatic carbocycles. The summed E-state index contributed by atoms with van der Waals surface area (Å²) >= 11 is 4.19. The van der Waals surface area contributed by atoms with Gasteiger partial charge in [-0.15, -0.1) is 0 Å². The topological polar surface area (TPSA) is 84.7 Å². The molecule has 0 spiro atoms. The van der Waals surface area contributed by atoms with E-state index in [2.05, 4.69) is 22.8 Å². The first-order valence-electron chi connectivity index (χ1n) is 8.02. The first-order chi connectivity index (χ1) is 11.5. The zero-order chi connectivity index (χ0) is 17.8. The number of hydrogen-bond acceptors (Lipinski definition) is 6. The summed E-state index contributed by atoms with van der Waals surface area (Å²) in [5.74, 6) is 1.21. The first-order valence-corrected chi connectivity index (χ1v) is 8.65. The van der Waals surface area contributed by atoms with Crippen molar-refractivity contribution in [3.63, 3.8) is 0 Å². The highest BCUT2D eigenvalue weighted by Gasteiger charge is 2.08. The van der Waals surface area contributed by atoms with Crippen molar-refractivity contribution in [3.05, 3.63) is 34.4 Å². The molecule has 0 saturated carbocycles. The van der Waals surface area contributed by atoms with E-state index < -0.39 is 11.0 Å². The van der Waals surface area contributed by atoms with Crippen molar-refractivity contribution in [2.45, 2.75) is 25.7 Å². The quantitative estimate of drug-likeness (QED) is 0.276. The second-order valence-corrected chi connectivity index (χ2v) is 5.96. The SMILES string of the molecule is CN(CCCCCCS)CCNC(=O)Oc1ccc([N+](=O)[O-])cc1. The Morgan fingerprint density at radius 1 is 1.21 bits per heavy atom. The van der Waals surface area contributed by atoms with Crippen LogP contribution in [-0.2, 0) is 0 Å². The zero-order valence-electron chi connectivity index (χ0n) is 13.9. The molecule has 7 nitrogen and oxygen atoms in total. The molecule has 1 aromatic rings. The van der Waals surface area contributed by atoms with E-state index in [1.807, 2.05) is 7.05 Å². The van der Waals surface area contributed by atoms with Gasteiger partial charge in [0.25, 0.3) is 5.69 Å². The number of nitro benzene ring substituents is 1. The number of likely N-dealkylation sites (N-methyl/N-ethyl adjacent to an activating group) is 1. The van der Waals surface area contributed by atoms with E-state index in [0.29, 0.717) is 6.54 Å². The monoisotopic (exact) mass is 355 g/mol. The van der Waals surface area contributed by atoms with Crippen molar-refractivity contribution in [2.75, 3.05) is 32.4 Å². The fourth-order valence-corrected chi connectivity index (χ4v) is 2.31. The molecule has 1 N–H and O–H groups in total. The minimum absolute atomic E-state index is 0.0428. The molecule has 134 valence electrons. The molecule has 1 amide bonds. The lowest BCUT2D eigenvalue weighted by Gasteiger charge is -2.16.